The van der Waals surface area contributed by atoms with Crippen LogP contribution in [0.4, 0.5) is 8.78 Å². The van der Waals surface area contributed by atoms with Crippen molar-refractivity contribution < 1.29 is 13.9 Å². The van der Waals surface area contributed by atoms with Crippen LogP contribution in [0.15, 0.2) is 24.3 Å². The lowest BCUT2D eigenvalue weighted by Crippen LogP contribution is -2.32. The van der Waals surface area contributed by atoms with Crippen LogP contribution in [0.2, 0.25) is 0 Å². The van der Waals surface area contributed by atoms with E-state index < -0.39 is 18.4 Å². The Labute approximate surface area is 87.7 Å². The molecule has 1 N–H and O–H groups in total. The Balaban J connectivity index is 2.38. The average Bonchev–Trinajstić information content (AvgIpc) is 2.28. The van der Waals surface area contributed by atoms with E-state index in [1.165, 1.54) is 0 Å². The Morgan fingerprint density at radius 3 is 2.80 bits per heavy atom. The first-order valence-corrected chi connectivity index (χ1v) is 5.21. The lowest BCUT2D eigenvalue weighted by Gasteiger charge is -2.30. The molecule has 0 heterocycles. The number of alkyl halides is 2. The second kappa shape index (κ2) is 3.89. The van der Waals surface area contributed by atoms with Crippen LogP contribution in [0.3, 0.4) is 0 Å². The van der Waals surface area contributed by atoms with Crippen molar-refractivity contribution in [3.63, 3.8) is 0 Å². The molecule has 0 saturated heterocycles. The van der Waals surface area contributed by atoms with Gasteiger partial charge in [-0.2, -0.15) is 0 Å². The Hall–Kier alpha value is -0.960. The molecule has 1 atom stereocenters. The van der Waals surface area contributed by atoms with Gasteiger partial charge in [0.15, 0.2) is 0 Å². The van der Waals surface area contributed by atoms with E-state index in [0.29, 0.717) is 12.0 Å². The maximum Gasteiger partial charge on any atom is 0.277 e. The molecule has 82 valence electrons. The first-order valence-electron chi connectivity index (χ1n) is 5.21. The molecule has 0 amide bonds. The van der Waals surface area contributed by atoms with Gasteiger partial charge in [0.1, 0.15) is 6.61 Å². The van der Waals surface area contributed by atoms with Crippen molar-refractivity contribution >= 4 is 0 Å². The molecule has 0 saturated carbocycles. The molecule has 0 aromatic heterocycles. The number of halogens is 2. The van der Waals surface area contributed by atoms with Gasteiger partial charge in [0, 0.05) is 0 Å². The molecule has 1 nitrogen and oxygen atoms in total. The Morgan fingerprint density at radius 1 is 1.33 bits per heavy atom. The molecule has 0 spiro atoms. The highest BCUT2D eigenvalue weighted by Gasteiger charge is 2.41. The predicted molar refractivity (Wildman–Crippen MR) is 54.2 cm³/mol. The number of hydrogen-bond acceptors (Lipinski definition) is 1. The smallest absolute Gasteiger partial charge is 0.277 e. The molecular weight excluding hydrogens is 198 g/mol. The van der Waals surface area contributed by atoms with Crippen molar-refractivity contribution in [3.8, 4) is 0 Å². The van der Waals surface area contributed by atoms with Crippen molar-refractivity contribution in [1.29, 1.82) is 0 Å². The summed E-state index contributed by atoms with van der Waals surface area (Å²) < 4.78 is 26.9. The molecule has 0 radical (unpaired) electrons. The summed E-state index contributed by atoms with van der Waals surface area (Å²) in [5.74, 6) is -3.80. The number of aryl methyl sites for hydroxylation is 1. The predicted octanol–water partition coefficient (Wildman–Crippen LogP) is 2.73. The summed E-state index contributed by atoms with van der Waals surface area (Å²) in [5.41, 5.74) is 1.71. The van der Waals surface area contributed by atoms with E-state index in [2.05, 4.69) is 0 Å². The monoisotopic (exact) mass is 212 g/mol. The van der Waals surface area contributed by atoms with Crippen molar-refractivity contribution in [2.45, 2.75) is 31.1 Å². The molecule has 1 aromatic carbocycles. The molecule has 0 fully saturated rings. The SMILES string of the molecule is OCC(F)(F)C1CCCc2ccccc21. The fourth-order valence-corrected chi connectivity index (χ4v) is 2.30. The van der Waals surface area contributed by atoms with Gasteiger partial charge in [-0.1, -0.05) is 24.3 Å². The van der Waals surface area contributed by atoms with E-state index in [4.69, 9.17) is 5.11 Å². The van der Waals surface area contributed by atoms with Crippen molar-refractivity contribution in [2.75, 3.05) is 6.61 Å². The second-order valence-electron chi connectivity index (χ2n) is 4.06. The van der Waals surface area contributed by atoms with Crippen molar-refractivity contribution in [2.24, 2.45) is 0 Å². The summed E-state index contributed by atoms with van der Waals surface area (Å²) in [6, 6.07) is 7.31. The topological polar surface area (TPSA) is 20.2 Å². The normalized spacial score (nSPS) is 21.1. The van der Waals surface area contributed by atoms with Gasteiger partial charge < -0.3 is 5.11 Å². The van der Waals surface area contributed by atoms with Gasteiger partial charge in [0.2, 0.25) is 0 Å². The zero-order valence-electron chi connectivity index (χ0n) is 8.42. The number of rotatable bonds is 2. The van der Waals surface area contributed by atoms with Crippen LogP contribution in [0, 0.1) is 0 Å². The largest absolute Gasteiger partial charge is 0.390 e. The van der Waals surface area contributed by atoms with Crippen LogP contribution in [-0.2, 0) is 6.42 Å². The molecule has 1 aliphatic rings. The third-order valence-corrected chi connectivity index (χ3v) is 3.09. The minimum absolute atomic E-state index is 0.463. The van der Waals surface area contributed by atoms with Crippen LogP contribution in [-0.4, -0.2) is 17.6 Å². The first kappa shape index (κ1) is 10.6. The summed E-state index contributed by atoms with van der Waals surface area (Å²) in [5, 5.41) is 8.72. The molecule has 1 unspecified atom stereocenters. The fraction of sp³-hybridized carbons (Fsp3) is 0.500. The quantitative estimate of drug-likeness (QED) is 0.799. The zero-order valence-corrected chi connectivity index (χ0v) is 8.42. The van der Waals surface area contributed by atoms with Crippen LogP contribution >= 0.6 is 0 Å². The average molecular weight is 212 g/mol. The van der Waals surface area contributed by atoms with Gasteiger partial charge in [0.25, 0.3) is 5.92 Å². The summed E-state index contributed by atoms with van der Waals surface area (Å²) in [6.07, 6.45) is 2.11. The van der Waals surface area contributed by atoms with Crippen molar-refractivity contribution in [3.05, 3.63) is 35.4 Å². The summed E-state index contributed by atoms with van der Waals surface area (Å²) in [6.45, 7) is -1.06. The first-order chi connectivity index (χ1) is 7.15. The van der Waals surface area contributed by atoms with E-state index in [1.54, 1.807) is 12.1 Å². The number of aliphatic hydroxyl groups is 1. The minimum atomic E-state index is -2.99. The minimum Gasteiger partial charge on any atom is -0.390 e. The molecule has 1 aliphatic carbocycles. The van der Waals surface area contributed by atoms with Gasteiger partial charge >= 0.3 is 0 Å². The highest BCUT2D eigenvalue weighted by atomic mass is 19.3. The number of fused-ring (bicyclic) bond motifs is 1. The van der Waals surface area contributed by atoms with E-state index in [0.717, 1.165) is 18.4 Å². The van der Waals surface area contributed by atoms with Gasteiger partial charge in [-0.25, -0.2) is 8.78 Å². The lowest BCUT2D eigenvalue weighted by atomic mass is 9.79. The van der Waals surface area contributed by atoms with Crippen LogP contribution in [0.25, 0.3) is 0 Å². The van der Waals surface area contributed by atoms with Crippen LogP contribution < -0.4 is 0 Å². The summed E-state index contributed by atoms with van der Waals surface area (Å²) in [4.78, 5) is 0. The van der Waals surface area contributed by atoms with Crippen LogP contribution in [0.1, 0.15) is 29.9 Å². The van der Waals surface area contributed by atoms with Crippen LogP contribution in [0.5, 0.6) is 0 Å². The van der Waals surface area contributed by atoms with Crippen molar-refractivity contribution in [1.82, 2.24) is 0 Å². The molecule has 15 heavy (non-hydrogen) atoms. The molecule has 3 heteroatoms. The fourth-order valence-electron chi connectivity index (χ4n) is 2.30. The van der Waals surface area contributed by atoms with Gasteiger partial charge in [-0.05, 0) is 30.4 Å². The van der Waals surface area contributed by atoms with Gasteiger partial charge in [0.05, 0.1) is 5.92 Å². The number of benzene rings is 1. The molecule has 0 bridgehead atoms. The molecule has 0 aliphatic heterocycles. The number of aliphatic hydroxyl groups excluding tert-OH is 1. The maximum absolute atomic E-state index is 13.5. The van der Waals surface area contributed by atoms with Gasteiger partial charge in [-0.3, -0.25) is 0 Å². The molecule has 1 aromatic rings. The zero-order chi connectivity index (χ0) is 10.9. The van der Waals surface area contributed by atoms with E-state index >= 15 is 0 Å². The highest BCUT2D eigenvalue weighted by molar-refractivity contribution is 5.34. The van der Waals surface area contributed by atoms with E-state index in [1.807, 2.05) is 12.1 Å². The second-order valence-corrected chi connectivity index (χ2v) is 4.06. The number of hydrogen-bond donors (Lipinski definition) is 1. The standard InChI is InChI=1S/C12H14F2O/c13-12(14,8-15)11-7-3-5-9-4-1-2-6-10(9)11/h1-2,4,6,11,15H,3,5,7-8H2. The lowest BCUT2D eigenvalue weighted by molar-refractivity contribution is -0.0761. The molecule has 2 rings (SSSR count). The maximum atomic E-state index is 13.5. The van der Waals surface area contributed by atoms with E-state index in [9.17, 15) is 8.78 Å². The van der Waals surface area contributed by atoms with Gasteiger partial charge in [-0.15, -0.1) is 0 Å². The molecular formula is C12H14F2O. The third kappa shape index (κ3) is 1.88. The summed E-state index contributed by atoms with van der Waals surface area (Å²) >= 11 is 0. The third-order valence-electron chi connectivity index (χ3n) is 3.09. The van der Waals surface area contributed by atoms with E-state index in [-0.39, 0.29) is 0 Å². The highest BCUT2D eigenvalue weighted by Crippen LogP contribution is 2.41. The Bertz CT molecular complexity index is 349. The Morgan fingerprint density at radius 2 is 2.07 bits per heavy atom. The Kier molecular flexibility index (Phi) is 2.74. The summed E-state index contributed by atoms with van der Waals surface area (Å²) in [7, 11) is 0.